The first-order chi connectivity index (χ1) is 12.9. The highest BCUT2D eigenvalue weighted by molar-refractivity contribution is 5.91. The van der Waals surface area contributed by atoms with Crippen molar-refractivity contribution in [3.63, 3.8) is 0 Å². The predicted octanol–water partition coefficient (Wildman–Crippen LogP) is 1.28. The molecule has 0 unspecified atom stereocenters. The summed E-state index contributed by atoms with van der Waals surface area (Å²) in [6.45, 7) is 9.58. The Morgan fingerprint density at radius 3 is 2.52 bits per heavy atom. The minimum Gasteiger partial charge on any atom is -0.383 e. The lowest BCUT2D eigenvalue weighted by atomic mass is 9.79. The molecule has 0 atom stereocenters. The van der Waals surface area contributed by atoms with Gasteiger partial charge in [0, 0.05) is 23.9 Å². The third-order valence-corrected chi connectivity index (χ3v) is 5.27. The molecule has 0 aromatic heterocycles. The number of carbonyl (C=O) groups excluding carboxylic acids is 2. The molecule has 0 spiro atoms. The average molecular weight is 372 g/mol. The second-order valence-corrected chi connectivity index (χ2v) is 8.36. The van der Waals surface area contributed by atoms with Gasteiger partial charge in [-0.05, 0) is 24.0 Å². The summed E-state index contributed by atoms with van der Waals surface area (Å²) in [6, 6.07) is 9.55. The topological polar surface area (TPSA) is 65.9 Å². The van der Waals surface area contributed by atoms with Gasteiger partial charge >= 0.3 is 6.03 Å². The van der Waals surface area contributed by atoms with Gasteiger partial charge in [-0.3, -0.25) is 4.79 Å². The number of hydrogen-bond donors (Lipinski definition) is 3. The Labute approximate surface area is 161 Å². The number of nitrogens with zero attached hydrogens (tertiary/aromatic N) is 1. The molecule has 0 radical (unpaired) electrons. The minimum atomic E-state index is -0.0218. The second kappa shape index (κ2) is 8.57. The van der Waals surface area contributed by atoms with Crippen molar-refractivity contribution in [3.05, 3.63) is 42.1 Å². The second-order valence-electron chi connectivity index (χ2n) is 8.36. The molecule has 3 N–H and O–H groups in total. The van der Waals surface area contributed by atoms with Crippen LogP contribution in [0.5, 0.6) is 0 Å². The summed E-state index contributed by atoms with van der Waals surface area (Å²) in [4.78, 5) is 27.5. The minimum absolute atomic E-state index is 0.0218. The van der Waals surface area contributed by atoms with Gasteiger partial charge in [0.25, 0.3) is 0 Å². The molecule has 27 heavy (non-hydrogen) atoms. The fourth-order valence-electron chi connectivity index (χ4n) is 3.86. The summed E-state index contributed by atoms with van der Waals surface area (Å²) in [5, 5.41) is 6.40. The van der Waals surface area contributed by atoms with Crippen molar-refractivity contribution >= 4 is 17.5 Å². The van der Waals surface area contributed by atoms with Gasteiger partial charge in [0.1, 0.15) is 0 Å². The third kappa shape index (κ3) is 5.82. The number of quaternary nitrogens is 1. The van der Waals surface area contributed by atoms with E-state index in [1.54, 1.807) is 6.08 Å². The standard InChI is InChI=1S/C21H30N4O2/c1-21(2)15-18(14-19(26)16-21)22-8-9-24-10-12-25(13-11-24)20(27)23-17-6-4-3-5-7-17/h3-7,14,22H,8-13,15-16H2,1-2H3,(H,23,27)/p+1. The lowest BCUT2D eigenvalue weighted by molar-refractivity contribution is -0.902. The van der Waals surface area contributed by atoms with Crippen LogP contribution < -0.4 is 15.5 Å². The number of hydrogen-bond acceptors (Lipinski definition) is 3. The maximum Gasteiger partial charge on any atom is 0.322 e. The van der Waals surface area contributed by atoms with Crippen LogP contribution in [-0.4, -0.2) is 56.0 Å². The highest BCUT2D eigenvalue weighted by Crippen LogP contribution is 2.32. The summed E-state index contributed by atoms with van der Waals surface area (Å²) in [5.41, 5.74) is 1.95. The molecule has 0 saturated carbocycles. The summed E-state index contributed by atoms with van der Waals surface area (Å²) < 4.78 is 0. The molecule has 146 valence electrons. The Kier molecular flexibility index (Phi) is 6.16. The van der Waals surface area contributed by atoms with E-state index in [2.05, 4.69) is 24.5 Å². The highest BCUT2D eigenvalue weighted by atomic mass is 16.2. The van der Waals surface area contributed by atoms with Gasteiger partial charge < -0.3 is 20.4 Å². The molecule has 6 heteroatoms. The Hall–Kier alpha value is -2.34. The number of allylic oxidation sites excluding steroid dienone is 2. The predicted molar refractivity (Wildman–Crippen MR) is 107 cm³/mol. The fraction of sp³-hybridized carbons (Fsp3) is 0.524. The van der Waals surface area contributed by atoms with Crippen LogP contribution in [0.1, 0.15) is 26.7 Å². The zero-order valence-electron chi connectivity index (χ0n) is 16.4. The summed E-state index contributed by atoms with van der Waals surface area (Å²) in [5.74, 6) is 0.221. The van der Waals surface area contributed by atoms with E-state index in [1.165, 1.54) is 4.90 Å². The van der Waals surface area contributed by atoms with E-state index in [9.17, 15) is 9.59 Å². The smallest absolute Gasteiger partial charge is 0.322 e. The lowest BCUT2D eigenvalue weighted by Gasteiger charge is -2.33. The van der Waals surface area contributed by atoms with Crippen LogP contribution in [0.15, 0.2) is 42.1 Å². The first kappa shape index (κ1) is 19.4. The molecule has 1 aliphatic carbocycles. The third-order valence-electron chi connectivity index (χ3n) is 5.27. The molecule has 2 aliphatic rings. The Balaban J connectivity index is 1.37. The highest BCUT2D eigenvalue weighted by Gasteiger charge is 2.28. The van der Waals surface area contributed by atoms with Crippen molar-refractivity contribution in [1.82, 2.24) is 10.2 Å². The van der Waals surface area contributed by atoms with E-state index in [0.29, 0.717) is 6.42 Å². The molecule has 1 heterocycles. The van der Waals surface area contributed by atoms with Gasteiger partial charge in [-0.25, -0.2) is 4.79 Å². The first-order valence-corrected chi connectivity index (χ1v) is 9.83. The van der Waals surface area contributed by atoms with E-state index in [4.69, 9.17) is 0 Å². The number of benzene rings is 1. The normalized spacial score (nSPS) is 20.1. The SMILES string of the molecule is CC1(C)CC(=O)C=C(NCC[NH+]2CCN(C(=O)Nc3ccccc3)CC2)C1. The van der Waals surface area contributed by atoms with Crippen LogP contribution in [0, 0.1) is 5.41 Å². The molecule has 1 aromatic rings. The maximum absolute atomic E-state index is 12.3. The monoisotopic (exact) mass is 371 g/mol. The summed E-state index contributed by atoms with van der Waals surface area (Å²) >= 11 is 0. The molecule has 1 saturated heterocycles. The first-order valence-electron chi connectivity index (χ1n) is 9.83. The number of piperazine rings is 1. The largest absolute Gasteiger partial charge is 0.383 e. The number of ketones is 1. The van der Waals surface area contributed by atoms with Crippen molar-refractivity contribution in [2.75, 3.05) is 44.6 Å². The van der Waals surface area contributed by atoms with Crippen LogP contribution in [-0.2, 0) is 4.79 Å². The number of para-hydroxylation sites is 1. The van der Waals surface area contributed by atoms with Crippen LogP contribution in [0.4, 0.5) is 10.5 Å². The molecule has 2 amide bonds. The molecule has 1 aromatic carbocycles. The van der Waals surface area contributed by atoms with Crippen molar-refractivity contribution in [2.24, 2.45) is 5.41 Å². The zero-order chi connectivity index (χ0) is 19.3. The lowest BCUT2D eigenvalue weighted by Crippen LogP contribution is -3.15. The quantitative estimate of drug-likeness (QED) is 0.731. The molecule has 0 bridgehead atoms. The number of rotatable bonds is 5. The summed E-state index contributed by atoms with van der Waals surface area (Å²) in [7, 11) is 0. The number of amides is 2. The molecular formula is C21H31N4O2+. The Morgan fingerprint density at radius 2 is 1.85 bits per heavy atom. The van der Waals surface area contributed by atoms with Gasteiger partial charge in [0.2, 0.25) is 0 Å². The van der Waals surface area contributed by atoms with Gasteiger partial charge in [-0.15, -0.1) is 0 Å². The zero-order valence-corrected chi connectivity index (χ0v) is 16.4. The average Bonchev–Trinajstić information content (AvgIpc) is 2.61. The molecule has 1 aliphatic heterocycles. The van der Waals surface area contributed by atoms with E-state index in [-0.39, 0.29) is 17.2 Å². The molecule has 1 fully saturated rings. The number of anilines is 1. The molecule has 6 nitrogen and oxygen atoms in total. The van der Waals surface area contributed by atoms with Crippen LogP contribution >= 0.6 is 0 Å². The van der Waals surface area contributed by atoms with E-state index < -0.39 is 0 Å². The molecular weight excluding hydrogens is 340 g/mol. The van der Waals surface area contributed by atoms with Crippen molar-refractivity contribution < 1.29 is 14.5 Å². The maximum atomic E-state index is 12.3. The van der Waals surface area contributed by atoms with Gasteiger partial charge in [-0.2, -0.15) is 0 Å². The number of urea groups is 1. The van der Waals surface area contributed by atoms with Crippen LogP contribution in [0.2, 0.25) is 0 Å². The van der Waals surface area contributed by atoms with Gasteiger partial charge in [0.15, 0.2) is 5.78 Å². The Bertz CT molecular complexity index is 691. The van der Waals surface area contributed by atoms with E-state index in [1.807, 2.05) is 35.2 Å². The van der Waals surface area contributed by atoms with E-state index in [0.717, 1.165) is 57.1 Å². The summed E-state index contributed by atoms with van der Waals surface area (Å²) in [6.07, 6.45) is 3.34. The molecule has 3 rings (SSSR count). The van der Waals surface area contributed by atoms with Crippen LogP contribution in [0.3, 0.4) is 0 Å². The Morgan fingerprint density at radius 1 is 1.15 bits per heavy atom. The number of nitrogens with one attached hydrogen (secondary N) is 3. The van der Waals surface area contributed by atoms with Crippen molar-refractivity contribution in [3.8, 4) is 0 Å². The van der Waals surface area contributed by atoms with Gasteiger partial charge in [-0.1, -0.05) is 32.0 Å². The van der Waals surface area contributed by atoms with Gasteiger partial charge in [0.05, 0.1) is 39.3 Å². The fourth-order valence-corrected chi connectivity index (χ4v) is 3.86. The van der Waals surface area contributed by atoms with Crippen molar-refractivity contribution in [2.45, 2.75) is 26.7 Å². The van der Waals surface area contributed by atoms with E-state index >= 15 is 0 Å². The van der Waals surface area contributed by atoms with Crippen molar-refractivity contribution in [1.29, 1.82) is 0 Å². The number of carbonyl (C=O) groups is 2. The van der Waals surface area contributed by atoms with Crippen LogP contribution in [0.25, 0.3) is 0 Å².